The van der Waals surface area contributed by atoms with Gasteiger partial charge in [-0.2, -0.15) is 0 Å². The van der Waals surface area contributed by atoms with E-state index in [0.717, 1.165) is 30.6 Å². The van der Waals surface area contributed by atoms with Crippen molar-refractivity contribution in [3.8, 4) is 5.75 Å². The van der Waals surface area contributed by atoms with E-state index in [0.29, 0.717) is 6.42 Å². The fourth-order valence-corrected chi connectivity index (χ4v) is 3.71. The van der Waals surface area contributed by atoms with Crippen LogP contribution in [0, 0.1) is 0 Å². The molecule has 3 heteroatoms. The lowest BCUT2D eigenvalue weighted by molar-refractivity contribution is -0.122. The maximum atomic E-state index is 12.5. The number of hydrogen-bond acceptors (Lipinski definition) is 2. The van der Waals surface area contributed by atoms with E-state index in [1.165, 1.54) is 11.1 Å². The van der Waals surface area contributed by atoms with E-state index in [-0.39, 0.29) is 17.4 Å². The van der Waals surface area contributed by atoms with Gasteiger partial charge in [0.05, 0.1) is 13.2 Å². The molecule has 0 spiro atoms. The molecule has 0 heterocycles. The summed E-state index contributed by atoms with van der Waals surface area (Å²) >= 11 is 0. The summed E-state index contributed by atoms with van der Waals surface area (Å²) in [6.45, 7) is 4.57. The highest BCUT2D eigenvalue weighted by atomic mass is 16.5. The van der Waals surface area contributed by atoms with Crippen molar-refractivity contribution in [2.24, 2.45) is 0 Å². The van der Waals surface area contributed by atoms with Crippen LogP contribution in [0.2, 0.25) is 0 Å². The molecule has 1 atom stereocenters. The molecule has 3 nitrogen and oxygen atoms in total. The van der Waals surface area contributed by atoms with E-state index in [1.807, 2.05) is 24.3 Å². The number of carbonyl (C=O) groups is 1. The molecular weight excluding hydrogens is 310 g/mol. The van der Waals surface area contributed by atoms with E-state index < -0.39 is 0 Å². The van der Waals surface area contributed by atoms with Crippen LogP contribution in [-0.4, -0.2) is 13.0 Å². The van der Waals surface area contributed by atoms with Crippen molar-refractivity contribution in [1.82, 2.24) is 5.32 Å². The summed E-state index contributed by atoms with van der Waals surface area (Å²) < 4.78 is 5.24. The van der Waals surface area contributed by atoms with Crippen LogP contribution >= 0.6 is 0 Å². The molecule has 0 saturated carbocycles. The summed E-state index contributed by atoms with van der Waals surface area (Å²) in [5.74, 6) is 0.948. The van der Waals surface area contributed by atoms with E-state index >= 15 is 0 Å². The molecule has 2 aromatic carbocycles. The van der Waals surface area contributed by atoms with Gasteiger partial charge in [-0.3, -0.25) is 4.79 Å². The lowest BCUT2D eigenvalue weighted by Crippen LogP contribution is -2.35. The second kappa shape index (κ2) is 7.30. The van der Waals surface area contributed by atoms with Crippen molar-refractivity contribution in [1.29, 1.82) is 0 Å². The number of nitrogens with one attached hydrogen (secondary N) is 1. The Labute approximate surface area is 150 Å². The van der Waals surface area contributed by atoms with Gasteiger partial charge in [0.15, 0.2) is 0 Å². The van der Waals surface area contributed by atoms with Gasteiger partial charge in [0.1, 0.15) is 5.75 Å². The second-order valence-corrected chi connectivity index (χ2v) is 7.48. The Bertz CT molecular complexity index is 751. The molecule has 132 valence electrons. The Morgan fingerprint density at radius 1 is 1.20 bits per heavy atom. The topological polar surface area (TPSA) is 38.3 Å². The summed E-state index contributed by atoms with van der Waals surface area (Å²) in [6.07, 6.45) is 3.30. The number of aryl methyl sites for hydroxylation is 1. The second-order valence-electron chi connectivity index (χ2n) is 7.48. The monoisotopic (exact) mass is 337 g/mol. The van der Waals surface area contributed by atoms with Gasteiger partial charge in [0, 0.05) is 6.42 Å². The number of methoxy groups -OCH3 is 1. The highest BCUT2D eigenvalue weighted by molar-refractivity contribution is 5.77. The highest BCUT2D eigenvalue weighted by Gasteiger charge is 2.32. The van der Waals surface area contributed by atoms with Crippen LogP contribution in [0.25, 0.3) is 0 Å². The van der Waals surface area contributed by atoms with Gasteiger partial charge >= 0.3 is 0 Å². The number of rotatable bonds is 5. The largest absolute Gasteiger partial charge is 0.497 e. The van der Waals surface area contributed by atoms with E-state index in [4.69, 9.17) is 4.74 Å². The number of carbonyl (C=O) groups excluding carboxylic acids is 1. The van der Waals surface area contributed by atoms with Crippen molar-refractivity contribution < 1.29 is 9.53 Å². The lowest BCUT2D eigenvalue weighted by atomic mass is 9.71. The van der Waals surface area contributed by atoms with E-state index in [9.17, 15) is 4.79 Å². The Hall–Kier alpha value is -2.29. The summed E-state index contributed by atoms with van der Waals surface area (Å²) in [7, 11) is 1.66. The zero-order chi connectivity index (χ0) is 17.9. The zero-order valence-electron chi connectivity index (χ0n) is 15.3. The average molecular weight is 337 g/mol. The maximum Gasteiger partial charge on any atom is 0.220 e. The molecule has 0 fully saturated rings. The first kappa shape index (κ1) is 17.5. The van der Waals surface area contributed by atoms with E-state index in [1.54, 1.807) is 7.11 Å². The minimum Gasteiger partial charge on any atom is -0.497 e. The molecule has 3 rings (SSSR count). The summed E-state index contributed by atoms with van der Waals surface area (Å²) in [4.78, 5) is 12.5. The third-order valence-corrected chi connectivity index (χ3v) is 5.23. The molecule has 1 aliphatic carbocycles. The summed E-state index contributed by atoms with van der Waals surface area (Å²) in [5.41, 5.74) is 3.94. The lowest BCUT2D eigenvalue weighted by Gasteiger charge is -2.37. The fraction of sp³-hybridized carbons (Fsp3) is 0.409. The SMILES string of the molecule is COc1cccc(CCC(=O)NC2CCC(C)(C)c3ccccc32)c1. The third kappa shape index (κ3) is 4.04. The first-order valence-electron chi connectivity index (χ1n) is 9.01. The van der Waals surface area contributed by atoms with Crippen LogP contribution in [0.1, 0.15) is 55.8 Å². The van der Waals surface area contributed by atoms with E-state index in [2.05, 4.69) is 43.4 Å². The number of benzene rings is 2. The smallest absolute Gasteiger partial charge is 0.220 e. The van der Waals surface area contributed by atoms with Gasteiger partial charge in [-0.25, -0.2) is 0 Å². The third-order valence-electron chi connectivity index (χ3n) is 5.23. The molecule has 1 amide bonds. The van der Waals surface area contributed by atoms with Crippen molar-refractivity contribution in [3.05, 3.63) is 65.2 Å². The van der Waals surface area contributed by atoms with Crippen molar-refractivity contribution in [3.63, 3.8) is 0 Å². The van der Waals surface area contributed by atoms with Crippen LogP contribution in [-0.2, 0) is 16.6 Å². The van der Waals surface area contributed by atoms with Crippen LogP contribution in [0.5, 0.6) is 5.75 Å². The minimum atomic E-state index is 0.113. The standard InChI is InChI=1S/C22H27NO2/c1-22(2)14-13-20(18-9-4-5-10-19(18)22)23-21(24)12-11-16-7-6-8-17(15-16)25-3/h4-10,15,20H,11-14H2,1-3H3,(H,23,24). The summed E-state index contributed by atoms with van der Waals surface area (Å²) in [6, 6.07) is 16.5. The molecule has 25 heavy (non-hydrogen) atoms. The number of fused-ring (bicyclic) bond motifs is 1. The predicted molar refractivity (Wildman–Crippen MR) is 101 cm³/mol. The van der Waals surface area contributed by atoms with Gasteiger partial charge in [-0.15, -0.1) is 0 Å². The van der Waals surface area contributed by atoms with Gasteiger partial charge in [-0.05, 0) is 53.5 Å². The van der Waals surface area contributed by atoms with Crippen molar-refractivity contribution in [2.75, 3.05) is 7.11 Å². The predicted octanol–water partition coefficient (Wildman–Crippen LogP) is 4.56. The Kier molecular flexibility index (Phi) is 5.12. The van der Waals surface area contributed by atoms with Gasteiger partial charge in [0.25, 0.3) is 0 Å². The molecule has 1 aliphatic rings. The molecule has 0 aromatic heterocycles. The first-order chi connectivity index (χ1) is 12.0. The molecule has 1 unspecified atom stereocenters. The average Bonchev–Trinajstić information content (AvgIpc) is 2.63. The number of ether oxygens (including phenoxy) is 1. The molecule has 1 N–H and O–H groups in total. The molecule has 0 aliphatic heterocycles. The normalized spacial score (nSPS) is 18.3. The van der Waals surface area contributed by atoms with Gasteiger partial charge in [0.2, 0.25) is 5.91 Å². The van der Waals surface area contributed by atoms with Gasteiger partial charge in [-0.1, -0.05) is 50.2 Å². The fourth-order valence-electron chi connectivity index (χ4n) is 3.71. The van der Waals surface area contributed by atoms with Crippen LogP contribution < -0.4 is 10.1 Å². The van der Waals surface area contributed by atoms with Crippen molar-refractivity contribution >= 4 is 5.91 Å². The van der Waals surface area contributed by atoms with Gasteiger partial charge < -0.3 is 10.1 Å². The maximum absolute atomic E-state index is 12.5. The Morgan fingerprint density at radius 3 is 2.80 bits per heavy atom. The first-order valence-corrected chi connectivity index (χ1v) is 9.01. The van der Waals surface area contributed by atoms with Crippen LogP contribution in [0.4, 0.5) is 0 Å². The van der Waals surface area contributed by atoms with Crippen LogP contribution in [0.3, 0.4) is 0 Å². The molecule has 0 saturated heterocycles. The summed E-state index contributed by atoms with van der Waals surface area (Å²) in [5, 5.41) is 3.24. The molecule has 2 aromatic rings. The molecule has 0 bridgehead atoms. The number of hydrogen-bond donors (Lipinski definition) is 1. The van der Waals surface area contributed by atoms with Crippen molar-refractivity contribution in [2.45, 2.75) is 51.0 Å². The molecular formula is C22H27NO2. The Balaban J connectivity index is 1.63. The highest BCUT2D eigenvalue weighted by Crippen LogP contribution is 2.41. The quantitative estimate of drug-likeness (QED) is 0.869. The van der Waals surface area contributed by atoms with Crippen LogP contribution in [0.15, 0.2) is 48.5 Å². The minimum absolute atomic E-state index is 0.113. The number of amides is 1. The zero-order valence-corrected chi connectivity index (χ0v) is 15.3. The Morgan fingerprint density at radius 2 is 2.00 bits per heavy atom. The molecule has 0 radical (unpaired) electrons.